The number of thioether (sulfide) groups is 1. The van der Waals surface area contributed by atoms with Gasteiger partial charge in [-0.15, -0.1) is 11.8 Å². The van der Waals surface area contributed by atoms with Crippen LogP contribution in [0.5, 0.6) is 0 Å². The van der Waals surface area contributed by atoms with Crippen molar-refractivity contribution in [3.05, 3.63) is 53.9 Å². The Morgan fingerprint density at radius 3 is 2.61 bits per heavy atom. The summed E-state index contributed by atoms with van der Waals surface area (Å²) in [6.07, 6.45) is 3.04. The topological polar surface area (TPSA) is 115 Å². The van der Waals surface area contributed by atoms with Gasteiger partial charge in [0.05, 0.1) is 23.7 Å². The van der Waals surface area contributed by atoms with Gasteiger partial charge in [-0.2, -0.15) is 5.10 Å². The second-order valence-corrected chi connectivity index (χ2v) is 6.99. The van der Waals surface area contributed by atoms with E-state index in [1.165, 1.54) is 18.1 Å². The minimum atomic E-state index is -0.294. The lowest BCUT2D eigenvalue weighted by Crippen LogP contribution is -2.33. The number of carbonyl (C=O) groups excluding carboxylic acids is 2. The minimum absolute atomic E-state index is 0.0878. The monoisotopic (exact) mass is 400 g/mol. The molecule has 0 saturated carbocycles. The van der Waals surface area contributed by atoms with Crippen molar-refractivity contribution >= 4 is 29.3 Å². The number of rotatable bonds is 8. The summed E-state index contributed by atoms with van der Waals surface area (Å²) in [6, 6.07) is 7.15. The number of anilines is 1. The zero-order chi connectivity index (χ0) is 19.9. The van der Waals surface area contributed by atoms with E-state index in [1.54, 1.807) is 23.1 Å². The summed E-state index contributed by atoms with van der Waals surface area (Å²) in [5.74, 6) is 1.16. The Balaban J connectivity index is 1.38. The molecule has 2 amide bonds. The number of benzene rings is 1. The lowest BCUT2D eigenvalue weighted by atomic mass is 10.2. The molecule has 2 heterocycles. The van der Waals surface area contributed by atoms with E-state index < -0.39 is 0 Å². The summed E-state index contributed by atoms with van der Waals surface area (Å²) in [6.45, 7) is 3.63. The first-order chi connectivity index (χ1) is 13.5. The molecule has 9 nitrogen and oxygen atoms in total. The molecule has 2 N–H and O–H groups in total. The first-order valence-corrected chi connectivity index (χ1v) is 9.69. The van der Waals surface area contributed by atoms with Gasteiger partial charge in [-0.3, -0.25) is 9.59 Å². The molecule has 1 aromatic carbocycles. The van der Waals surface area contributed by atoms with Crippen LogP contribution in [0.4, 0.5) is 5.69 Å². The number of nitrogens with zero attached hydrogens (tertiary/aromatic N) is 4. The second-order valence-electron chi connectivity index (χ2n) is 6.01. The van der Waals surface area contributed by atoms with Crippen molar-refractivity contribution in [1.82, 2.24) is 25.2 Å². The number of hydrogen-bond donors (Lipinski definition) is 2. The number of carbonyl (C=O) groups is 2. The van der Waals surface area contributed by atoms with Gasteiger partial charge in [0.2, 0.25) is 11.8 Å². The number of hydrogen-bond acceptors (Lipinski definition) is 7. The maximum atomic E-state index is 12.0. The Kier molecular flexibility index (Phi) is 6.43. The lowest BCUT2D eigenvalue weighted by molar-refractivity contribution is -0.122. The van der Waals surface area contributed by atoms with E-state index in [4.69, 9.17) is 4.52 Å². The molecule has 146 valence electrons. The van der Waals surface area contributed by atoms with Crippen LogP contribution in [0, 0.1) is 13.8 Å². The van der Waals surface area contributed by atoms with Gasteiger partial charge in [-0.25, -0.2) is 9.67 Å². The highest BCUT2D eigenvalue weighted by atomic mass is 32.2. The molecule has 0 radical (unpaired) electrons. The fourth-order valence-electron chi connectivity index (χ4n) is 2.43. The molecule has 0 fully saturated rings. The summed E-state index contributed by atoms with van der Waals surface area (Å²) in [4.78, 5) is 27.8. The van der Waals surface area contributed by atoms with Crippen LogP contribution in [0.2, 0.25) is 0 Å². The number of aromatic nitrogens is 4. The predicted octanol–water partition coefficient (Wildman–Crippen LogP) is 1.86. The van der Waals surface area contributed by atoms with Crippen molar-refractivity contribution in [2.24, 2.45) is 0 Å². The fraction of sp³-hybridized carbons (Fsp3) is 0.278. The molecule has 0 atom stereocenters. The molecule has 28 heavy (non-hydrogen) atoms. The summed E-state index contributed by atoms with van der Waals surface area (Å²) in [7, 11) is 0. The molecule has 3 rings (SSSR count). The van der Waals surface area contributed by atoms with E-state index >= 15 is 0 Å². The number of amides is 2. The highest BCUT2D eigenvalue weighted by Crippen LogP contribution is 2.19. The van der Waals surface area contributed by atoms with E-state index in [0.717, 1.165) is 22.7 Å². The van der Waals surface area contributed by atoms with Gasteiger partial charge in [0, 0.05) is 17.0 Å². The van der Waals surface area contributed by atoms with Crippen LogP contribution in [0.25, 0.3) is 5.69 Å². The Morgan fingerprint density at radius 2 is 1.96 bits per heavy atom. The minimum Gasteiger partial charge on any atom is -0.361 e. The molecule has 3 aromatic rings. The Hall–Kier alpha value is -3.14. The summed E-state index contributed by atoms with van der Waals surface area (Å²) in [5.41, 5.74) is 3.31. The van der Waals surface area contributed by atoms with Gasteiger partial charge in [0.1, 0.15) is 18.4 Å². The normalized spacial score (nSPS) is 10.6. The Labute approximate surface area is 165 Å². The van der Waals surface area contributed by atoms with E-state index in [1.807, 2.05) is 26.0 Å². The highest BCUT2D eigenvalue weighted by molar-refractivity contribution is 7.99. The Bertz CT molecular complexity index is 917. The van der Waals surface area contributed by atoms with E-state index in [2.05, 4.69) is 25.9 Å². The average molecular weight is 400 g/mol. The molecule has 0 aliphatic rings. The molecule has 0 saturated heterocycles. The molecular formula is C18H20N6O3S. The number of nitrogens with one attached hydrogen (secondary N) is 2. The van der Waals surface area contributed by atoms with Gasteiger partial charge >= 0.3 is 0 Å². The molecule has 0 aliphatic carbocycles. The van der Waals surface area contributed by atoms with Crippen molar-refractivity contribution in [2.75, 3.05) is 17.6 Å². The van der Waals surface area contributed by atoms with Crippen molar-refractivity contribution in [3.63, 3.8) is 0 Å². The van der Waals surface area contributed by atoms with E-state index in [9.17, 15) is 9.59 Å². The van der Waals surface area contributed by atoms with Gasteiger partial charge < -0.3 is 15.2 Å². The second kappa shape index (κ2) is 9.18. The van der Waals surface area contributed by atoms with Crippen LogP contribution in [0.3, 0.4) is 0 Å². The van der Waals surface area contributed by atoms with Gasteiger partial charge in [-0.1, -0.05) is 5.16 Å². The molecule has 0 unspecified atom stereocenters. The zero-order valence-electron chi connectivity index (χ0n) is 15.5. The molecule has 0 aliphatic heterocycles. The van der Waals surface area contributed by atoms with Crippen LogP contribution in [0.15, 0.2) is 41.4 Å². The first kappa shape index (κ1) is 19.6. The SMILES string of the molecule is Cc1noc(C)c1CSCC(=O)NCC(=O)Nc1ccc(-n2cncn2)cc1. The smallest absolute Gasteiger partial charge is 0.243 e. The average Bonchev–Trinajstić information content (AvgIpc) is 3.33. The van der Waals surface area contributed by atoms with E-state index in [0.29, 0.717) is 11.4 Å². The van der Waals surface area contributed by atoms with Crippen molar-refractivity contribution in [2.45, 2.75) is 19.6 Å². The fourth-order valence-corrected chi connectivity index (χ4v) is 3.43. The summed E-state index contributed by atoms with van der Waals surface area (Å²) >= 11 is 1.45. The number of aryl methyl sites for hydroxylation is 2. The Morgan fingerprint density at radius 1 is 1.18 bits per heavy atom. The third-order valence-corrected chi connectivity index (χ3v) is 4.90. The maximum absolute atomic E-state index is 12.0. The predicted molar refractivity (Wildman–Crippen MR) is 105 cm³/mol. The van der Waals surface area contributed by atoms with E-state index in [-0.39, 0.29) is 24.1 Å². The van der Waals surface area contributed by atoms with Crippen molar-refractivity contribution in [3.8, 4) is 5.69 Å². The zero-order valence-corrected chi connectivity index (χ0v) is 16.3. The van der Waals surface area contributed by atoms with Crippen molar-refractivity contribution in [1.29, 1.82) is 0 Å². The quantitative estimate of drug-likeness (QED) is 0.593. The van der Waals surface area contributed by atoms with Gasteiger partial charge in [0.15, 0.2) is 0 Å². The largest absolute Gasteiger partial charge is 0.361 e. The van der Waals surface area contributed by atoms with Crippen molar-refractivity contribution < 1.29 is 14.1 Å². The van der Waals surface area contributed by atoms with Crippen LogP contribution in [-0.2, 0) is 15.3 Å². The molecule has 0 bridgehead atoms. The van der Waals surface area contributed by atoms with Gasteiger partial charge in [-0.05, 0) is 38.1 Å². The van der Waals surface area contributed by atoms with Gasteiger partial charge in [0.25, 0.3) is 0 Å². The highest BCUT2D eigenvalue weighted by Gasteiger charge is 2.11. The summed E-state index contributed by atoms with van der Waals surface area (Å²) in [5, 5.41) is 13.3. The third kappa shape index (κ3) is 5.19. The van der Waals surface area contributed by atoms with Crippen LogP contribution in [-0.4, -0.2) is 44.0 Å². The maximum Gasteiger partial charge on any atom is 0.243 e. The van der Waals surface area contributed by atoms with Crippen LogP contribution < -0.4 is 10.6 Å². The standard InChI is InChI=1S/C18H20N6O3S/c1-12-16(13(2)27-23-12)8-28-9-18(26)20-7-17(25)22-14-3-5-15(6-4-14)24-11-19-10-21-24/h3-6,10-11H,7-9H2,1-2H3,(H,20,26)(H,22,25). The first-order valence-electron chi connectivity index (χ1n) is 8.54. The summed E-state index contributed by atoms with van der Waals surface area (Å²) < 4.78 is 6.71. The molecule has 0 spiro atoms. The molecule has 2 aromatic heterocycles. The molecule has 10 heteroatoms. The third-order valence-electron chi connectivity index (χ3n) is 3.94. The van der Waals surface area contributed by atoms with Crippen LogP contribution >= 0.6 is 11.8 Å². The lowest BCUT2D eigenvalue weighted by Gasteiger charge is -2.08. The van der Waals surface area contributed by atoms with Crippen LogP contribution in [0.1, 0.15) is 17.0 Å². The molecular weight excluding hydrogens is 380 g/mol.